The average Bonchev–Trinajstić information content (AvgIpc) is 3.10. The van der Waals surface area contributed by atoms with Gasteiger partial charge in [0.05, 0.1) is 29.6 Å². The quantitative estimate of drug-likeness (QED) is 0.692. The Morgan fingerprint density at radius 1 is 1.28 bits per heavy atom. The number of carbonyl (C=O) groups excluding carboxylic acids is 1. The molecule has 4 rings (SSSR count). The number of nitrogens with zero attached hydrogens (tertiary/aromatic N) is 3. The van der Waals surface area contributed by atoms with Crippen LogP contribution in [-0.2, 0) is 17.7 Å². The number of morpholine rings is 1. The number of hydrogen-bond acceptors (Lipinski definition) is 4. The number of rotatable bonds is 5. The van der Waals surface area contributed by atoms with Gasteiger partial charge in [0.1, 0.15) is 17.2 Å². The summed E-state index contributed by atoms with van der Waals surface area (Å²) in [7, 11) is 0. The Balaban J connectivity index is 1.51. The molecule has 0 atom stereocenters. The molecule has 6 nitrogen and oxygen atoms in total. The summed E-state index contributed by atoms with van der Waals surface area (Å²) in [4.78, 5) is 19.3. The van der Waals surface area contributed by atoms with Crippen molar-refractivity contribution in [3.8, 4) is 0 Å². The van der Waals surface area contributed by atoms with Crippen LogP contribution in [-0.4, -0.2) is 41.6 Å². The van der Waals surface area contributed by atoms with Crippen molar-refractivity contribution < 1.29 is 13.9 Å². The van der Waals surface area contributed by atoms with E-state index in [1.807, 2.05) is 17.9 Å². The molecule has 0 radical (unpaired) electrons. The van der Waals surface area contributed by atoms with E-state index in [1.165, 1.54) is 6.07 Å². The van der Waals surface area contributed by atoms with E-state index in [0.29, 0.717) is 66.0 Å². The molecule has 1 amide bonds. The van der Waals surface area contributed by atoms with Gasteiger partial charge in [0.25, 0.3) is 5.91 Å². The number of fused-ring (bicyclic) bond motifs is 1. The van der Waals surface area contributed by atoms with Gasteiger partial charge in [-0.1, -0.05) is 24.6 Å². The highest BCUT2D eigenvalue weighted by Crippen LogP contribution is 2.22. The third-order valence-electron chi connectivity index (χ3n) is 5.02. The molecule has 1 saturated heterocycles. The predicted molar refractivity (Wildman–Crippen MR) is 110 cm³/mol. The lowest BCUT2D eigenvalue weighted by Gasteiger charge is -2.29. The number of anilines is 1. The molecule has 3 heterocycles. The fraction of sp³-hybridized carbons (Fsp3) is 0.333. The van der Waals surface area contributed by atoms with Crippen LogP contribution in [0.3, 0.4) is 0 Å². The largest absolute Gasteiger partial charge is 0.378 e. The van der Waals surface area contributed by atoms with Crippen molar-refractivity contribution in [2.45, 2.75) is 19.9 Å². The summed E-state index contributed by atoms with van der Waals surface area (Å²) in [6.45, 7) is 4.70. The van der Waals surface area contributed by atoms with Gasteiger partial charge in [-0.2, -0.15) is 0 Å². The highest BCUT2D eigenvalue weighted by molar-refractivity contribution is 6.30. The second kappa shape index (κ2) is 8.39. The molecule has 1 N–H and O–H groups in total. The molecule has 3 aromatic rings. The molecule has 0 unspecified atom stereocenters. The van der Waals surface area contributed by atoms with Crippen LogP contribution >= 0.6 is 11.6 Å². The Hall–Kier alpha value is -2.64. The minimum absolute atomic E-state index is 0.218. The van der Waals surface area contributed by atoms with Crippen LogP contribution in [0.1, 0.15) is 28.7 Å². The number of ether oxygens (including phenoxy) is 1. The molecular weight excluding hydrogens is 395 g/mol. The molecule has 0 saturated carbocycles. The van der Waals surface area contributed by atoms with Crippen LogP contribution in [0.5, 0.6) is 0 Å². The number of carbonyl (C=O) groups is 1. The van der Waals surface area contributed by atoms with Crippen LogP contribution in [0, 0.1) is 5.82 Å². The van der Waals surface area contributed by atoms with Crippen LogP contribution in [0.2, 0.25) is 5.02 Å². The topological polar surface area (TPSA) is 58.9 Å². The van der Waals surface area contributed by atoms with Gasteiger partial charge < -0.3 is 15.0 Å². The molecule has 152 valence electrons. The highest BCUT2D eigenvalue weighted by atomic mass is 35.5. The van der Waals surface area contributed by atoms with Crippen LogP contribution in [0.15, 0.2) is 36.5 Å². The van der Waals surface area contributed by atoms with Crippen molar-refractivity contribution in [3.05, 3.63) is 64.3 Å². The predicted octanol–water partition coefficient (Wildman–Crippen LogP) is 3.46. The highest BCUT2D eigenvalue weighted by Gasteiger charge is 2.19. The van der Waals surface area contributed by atoms with E-state index >= 15 is 0 Å². The number of nitrogens with one attached hydrogen (secondary N) is 1. The van der Waals surface area contributed by atoms with E-state index in [1.54, 1.807) is 28.8 Å². The van der Waals surface area contributed by atoms with Crippen molar-refractivity contribution in [2.75, 3.05) is 31.2 Å². The van der Waals surface area contributed by atoms with Gasteiger partial charge in [0.15, 0.2) is 0 Å². The molecule has 1 fully saturated rings. The fourth-order valence-corrected chi connectivity index (χ4v) is 3.70. The molecule has 2 aromatic heterocycles. The third-order valence-corrected chi connectivity index (χ3v) is 5.25. The van der Waals surface area contributed by atoms with Gasteiger partial charge in [-0.25, -0.2) is 9.37 Å². The van der Waals surface area contributed by atoms with Gasteiger partial charge in [0.2, 0.25) is 0 Å². The number of amides is 1. The molecule has 29 heavy (non-hydrogen) atoms. The zero-order valence-corrected chi connectivity index (χ0v) is 16.9. The van der Waals surface area contributed by atoms with Crippen molar-refractivity contribution >= 4 is 28.8 Å². The van der Waals surface area contributed by atoms with Gasteiger partial charge in [0, 0.05) is 25.8 Å². The first-order valence-corrected chi connectivity index (χ1v) is 10.0. The summed E-state index contributed by atoms with van der Waals surface area (Å²) in [6.07, 6.45) is 2.29. The first-order chi connectivity index (χ1) is 14.1. The van der Waals surface area contributed by atoms with Gasteiger partial charge in [-0.3, -0.25) is 9.20 Å². The van der Waals surface area contributed by atoms with Crippen molar-refractivity contribution in [2.24, 2.45) is 0 Å². The van der Waals surface area contributed by atoms with Crippen molar-refractivity contribution in [3.63, 3.8) is 0 Å². The lowest BCUT2D eigenvalue weighted by molar-refractivity contribution is 0.0944. The molecule has 1 aliphatic heterocycles. The minimum Gasteiger partial charge on any atom is -0.378 e. The number of aryl methyl sites for hydroxylation is 1. The number of aromatic nitrogens is 2. The molecule has 0 spiro atoms. The normalized spacial score (nSPS) is 14.4. The standard InChI is InChI=1S/C21H22ClFN4O2/c1-2-17-20(27-13-15(22)4-6-19(27)25-17)21(28)24-12-14-3-5-18(16(23)11-14)26-7-9-29-10-8-26/h3-6,11,13H,2,7-10,12H2,1H3,(H,24,28). The molecular formula is C21H22ClFN4O2. The summed E-state index contributed by atoms with van der Waals surface area (Å²) in [6, 6.07) is 8.58. The fourth-order valence-electron chi connectivity index (χ4n) is 3.54. The Kier molecular flexibility index (Phi) is 5.69. The summed E-state index contributed by atoms with van der Waals surface area (Å²) in [5.41, 5.74) is 3.07. The summed E-state index contributed by atoms with van der Waals surface area (Å²) in [5.74, 6) is -0.566. The van der Waals surface area contributed by atoms with E-state index in [4.69, 9.17) is 16.3 Å². The average molecular weight is 417 g/mol. The Morgan fingerprint density at radius 2 is 2.07 bits per heavy atom. The number of pyridine rings is 1. The van der Waals surface area contributed by atoms with Crippen LogP contribution < -0.4 is 10.2 Å². The van der Waals surface area contributed by atoms with Gasteiger partial charge in [-0.05, 0) is 36.2 Å². The number of halogens is 2. The summed E-state index contributed by atoms with van der Waals surface area (Å²) in [5, 5.41) is 3.39. The minimum atomic E-state index is -0.297. The first-order valence-electron chi connectivity index (χ1n) is 9.62. The first kappa shape index (κ1) is 19.7. The van der Waals surface area contributed by atoms with E-state index in [-0.39, 0.29) is 18.3 Å². The number of hydrogen-bond donors (Lipinski definition) is 1. The summed E-state index contributed by atoms with van der Waals surface area (Å²) >= 11 is 6.08. The van der Waals surface area contributed by atoms with E-state index in [0.717, 1.165) is 0 Å². The van der Waals surface area contributed by atoms with E-state index in [9.17, 15) is 9.18 Å². The molecule has 0 aliphatic carbocycles. The van der Waals surface area contributed by atoms with Crippen molar-refractivity contribution in [1.29, 1.82) is 0 Å². The molecule has 8 heteroatoms. The molecule has 0 bridgehead atoms. The monoisotopic (exact) mass is 416 g/mol. The Labute approximate surface area is 173 Å². The third kappa shape index (κ3) is 4.06. The summed E-state index contributed by atoms with van der Waals surface area (Å²) < 4.78 is 21.6. The second-order valence-corrected chi connectivity index (χ2v) is 7.34. The second-order valence-electron chi connectivity index (χ2n) is 6.90. The molecule has 1 aliphatic rings. The SMILES string of the molecule is CCc1nc2ccc(Cl)cn2c1C(=O)NCc1ccc(N2CCOCC2)c(F)c1. The smallest absolute Gasteiger partial charge is 0.270 e. The Bertz CT molecular complexity index is 1050. The van der Waals surface area contributed by atoms with E-state index in [2.05, 4.69) is 10.3 Å². The van der Waals surface area contributed by atoms with E-state index < -0.39 is 0 Å². The lowest BCUT2D eigenvalue weighted by Crippen LogP contribution is -2.36. The Morgan fingerprint density at radius 3 is 2.79 bits per heavy atom. The maximum absolute atomic E-state index is 14.6. The van der Waals surface area contributed by atoms with Gasteiger partial charge in [-0.15, -0.1) is 0 Å². The number of benzene rings is 1. The maximum Gasteiger partial charge on any atom is 0.270 e. The number of imidazole rings is 1. The zero-order valence-electron chi connectivity index (χ0n) is 16.1. The van der Waals surface area contributed by atoms with Crippen LogP contribution in [0.25, 0.3) is 5.65 Å². The van der Waals surface area contributed by atoms with Crippen molar-refractivity contribution in [1.82, 2.24) is 14.7 Å². The maximum atomic E-state index is 14.6. The van der Waals surface area contributed by atoms with Crippen LogP contribution in [0.4, 0.5) is 10.1 Å². The van der Waals surface area contributed by atoms with Gasteiger partial charge >= 0.3 is 0 Å². The zero-order chi connectivity index (χ0) is 20.4. The molecule has 1 aromatic carbocycles. The lowest BCUT2D eigenvalue weighted by atomic mass is 10.1.